The molecular weight excluding hydrogens is 471 g/mol. The van der Waals surface area contributed by atoms with E-state index in [1.54, 1.807) is 23.1 Å². The highest BCUT2D eigenvalue weighted by Gasteiger charge is 2.38. The number of benzene rings is 2. The average molecular weight is 495 g/mol. The number of alkyl halides is 3. The van der Waals surface area contributed by atoms with Crippen molar-refractivity contribution in [3.63, 3.8) is 0 Å². The molecule has 0 unspecified atom stereocenters. The standard InChI is InChI=1S/C21H23N3O4.C2HF3O2/c22-20(23)16-5-3-14(4-6-16)13-28-17-8-7-15-2-1-10-24(11-9-19(25)26)21(27)18(15)12-17;3-2(4,5)1(6)7/h3-8,12H,1-2,9-11,13H2,(H3,22,23)(H,25,26);(H,6,7). The Labute approximate surface area is 198 Å². The number of nitrogens with one attached hydrogen (secondary N) is 1. The number of hydrogen-bond acceptors (Lipinski definition) is 5. The van der Waals surface area contributed by atoms with Gasteiger partial charge in [-0.15, -0.1) is 0 Å². The van der Waals surface area contributed by atoms with Gasteiger partial charge in [0.25, 0.3) is 5.91 Å². The molecular formula is C23H24F3N3O6. The fourth-order valence-electron chi connectivity index (χ4n) is 3.19. The number of hydrogen-bond donors (Lipinski definition) is 4. The van der Waals surface area contributed by atoms with E-state index >= 15 is 0 Å². The number of aliphatic carboxylic acids is 2. The molecule has 1 aliphatic heterocycles. The molecule has 1 heterocycles. The highest BCUT2D eigenvalue weighted by Crippen LogP contribution is 2.24. The largest absolute Gasteiger partial charge is 0.490 e. The van der Waals surface area contributed by atoms with Gasteiger partial charge in [0.15, 0.2) is 0 Å². The molecule has 0 bridgehead atoms. The highest BCUT2D eigenvalue weighted by molar-refractivity contribution is 5.96. The molecule has 0 aliphatic carbocycles. The van der Waals surface area contributed by atoms with E-state index in [4.69, 9.17) is 30.9 Å². The maximum absolute atomic E-state index is 12.8. The third-order valence-electron chi connectivity index (χ3n) is 4.98. The Bertz CT molecular complexity index is 1090. The van der Waals surface area contributed by atoms with E-state index in [-0.39, 0.29) is 24.7 Å². The normalized spacial score (nSPS) is 13.1. The molecule has 2 aromatic rings. The van der Waals surface area contributed by atoms with Crippen LogP contribution >= 0.6 is 0 Å². The Kier molecular flexibility index (Phi) is 9.20. The van der Waals surface area contributed by atoms with Gasteiger partial charge in [-0.25, -0.2) is 4.79 Å². The van der Waals surface area contributed by atoms with Gasteiger partial charge >= 0.3 is 18.1 Å². The number of halogens is 3. The highest BCUT2D eigenvalue weighted by atomic mass is 19.4. The number of carbonyl (C=O) groups excluding carboxylic acids is 1. The van der Waals surface area contributed by atoms with Gasteiger partial charge in [0.1, 0.15) is 18.2 Å². The summed E-state index contributed by atoms with van der Waals surface area (Å²) >= 11 is 0. The summed E-state index contributed by atoms with van der Waals surface area (Å²) in [6.07, 6.45) is -3.56. The molecule has 2 aromatic carbocycles. The number of nitrogen functional groups attached to an aromatic ring is 1. The van der Waals surface area contributed by atoms with E-state index in [0.717, 1.165) is 24.0 Å². The maximum Gasteiger partial charge on any atom is 0.490 e. The number of fused-ring (bicyclic) bond motifs is 1. The molecule has 0 atom stereocenters. The SMILES string of the molecule is N=C(N)c1ccc(COc2ccc3c(c2)C(=O)N(CCC(=O)O)CCC3)cc1.O=C(O)C(F)(F)F. The van der Waals surface area contributed by atoms with Gasteiger partial charge in [0.2, 0.25) is 0 Å². The number of ether oxygens (including phenoxy) is 1. The number of nitrogens with two attached hydrogens (primary N) is 1. The summed E-state index contributed by atoms with van der Waals surface area (Å²) in [5.41, 5.74) is 8.57. The zero-order chi connectivity index (χ0) is 26.2. The Morgan fingerprint density at radius 3 is 2.29 bits per heavy atom. The topological polar surface area (TPSA) is 154 Å². The zero-order valence-electron chi connectivity index (χ0n) is 18.5. The van der Waals surface area contributed by atoms with Gasteiger partial charge in [-0.2, -0.15) is 13.2 Å². The van der Waals surface area contributed by atoms with Crippen molar-refractivity contribution in [2.45, 2.75) is 32.0 Å². The molecule has 12 heteroatoms. The second-order valence-electron chi connectivity index (χ2n) is 7.56. The number of amides is 1. The summed E-state index contributed by atoms with van der Waals surface area (Å²) in [6.45, 7) is 1.09. The molecule has 1 amide bonds. The first-order valence-corrected chi connectivity index (χ1v) is 10.4. The predicted molar refractivity (Wildman–Crippen MR) is 118 cm³/mol. The Morgan fingerprint density at radius 2 is 1.74 bits per heavy atom. The van der Waals surface area contributed by atoms with Crippen LogP contribution in [0.2, 0.25) is 0 Å². The van der Waals surface area contributed by atoms with Crippen molar-refractivity contribution in [1.82, 2.24) is 4.90 Å². The van der Waals surface area contributed by atoms with Crippen molar-refractivity contribution in [3.05, 3.63) is 64.7 Å². The van der Waals surface area contributed by atoms with E-state index in [1.165, 1.54) is 0 Å². The summed E-state index contributed by atoms with van der Waals surface area (Å²) in [7, 11) is 0. The van der Waals surface area contributed by atoms with Crippen LogP contribution in [0.5, 0.6) is 5.75 Å². The van der Waals surface area contributed by atoms with Crippen LogP contribution in [0, 0.1) is 5.41 Å². The minimum atomic E-state index is -5.08. The molecule has 0 saturated carbocycles. The van der Waals surface area contributed by atoms with Crippen LogP contribution in [0.4, 0.5) is 13.2 Å². The number of carboxylic acids is 2. The first kappa shape index (κ1) is 27.2. The maximum atomic E-state index is 12.8. The van der Waals surface area contributed by atoms with Crippen molar-refractivity contribution >= 4 is 23.7 Å². The first-order chi connectivity index (χ1) is 16.4. The molecule has 3 rings (SSSR count). The van der Waals surface area contributed by atoms with Crippen LogP contribution in [-0.4, -0.2) is 58.1 Å². The van der Waals surface area contributed by atoms with E-state index in [0.29, 0.717) is 30.0 Å². The second-order valence-corrected chi connectivity index (χ2v) is 7.56. The van der Waals surface area contributed by atoms with Crippen LogP contribution in [0.3, 0.4) is 0 Å². The molecule has 0 fully saturated rings. The van der Waals surface area contributed by atoms with Gasteiger partial charge in [0.05, 0.1) is 6.42 Å². The lowest BCUT2D eigenvalue weighted by atomic mass is 10.0. The van der Waals surface area contributed by atoms with E-state index in [9.17, 15) is 22.8 Å². The van der Waals surface area contributed by atoms with Crippen molar-refractivity contribution in [1.29, 1.82) is 5.41 Å². The smallest absolute Gasteiger partial charge is 0.489 e. The Balaban J connectivity index is 0.000000540. The van der Waals surface area contributed by atoms with Gasteiger partial charge < -0.3 is 25.6 Å². The number of rotatable bonds is 7. The summed E-state index contributed by atoms with van der Waals surface area (Å²) in [5, 5.41) is 23.4. The van der Waals surface area contributed by atoms with Crippen LogP contribution < -0.4 is 10.5 Å². The van der Waals surface area contributed by atoms with E-state index < -0.39 is 18.1 Å². The molecule has 1 aliphatic rings. The molecule has 0 saturated heterocycles. The van der Waals surface area contributed by atoms with E-state index in [2.05, 4.69) is 0 Å². The molecule has 0 spiro atoms. The number of aryl methyl sites for hydroxylation is 1. The summed E-state index contributed by atoms with van der Waals surface area (Å²) in [4.78, 5) is 34.2. The number of carboxylic acid groups (broad SMARTS) is 2. The minimum Gasteiger partial charge on any atom is -0.489 e. The predicted octanol–water partition coefficient (Wildman–Crippen LogP) is 3.05. The minimum absolute atomic E-state index is 0.0178. The third-order valence-corrected chi connectivity index (χ3v) is 4.98. The molecule has 0 aromatic heterocycles. The van der Waals surface area contributed by atoms with Crippen molar-refractivity contribution in [3.8, 4) is 5.75 Å². The third kappa shape index (κ3) is 8.32. The molecule has 5 N–H and O–H groups in total. The van der Waals surface area contributed by atoms with Gasteiger partial charge in [0, 0.05) is 24.2 Å². The number of amidine groups is 1. The molecule has 0 radical (unpaired) electrons. The molecule has 35 heavy (non-hydrogen) atoms. The van der Waals surface area contributed by atoms with Crippen LogP contribution in [0.15, 0.2) is 42.5 Å². The van der Waals surface area contributed by atoms with E-state index in [1.807, 2.05) is 24.3 Å². The number of nitrogens with zero attached hydrogens (tertiary/aromatic N) is 1. The van der Waals surface area contributed by atoms with Crippen LogP contribution in [-0.2, 0) is 22.6 Å². The number of carbonyl (C=O) groups is 3. The van der Waals surface area contributed by atoms with Crippen molar-refractivity contribution in [2.24, 2.45) is 5.73 Å². The van der Waals surface area contributed by atoms with Crippen LogP contribution in [0.1, 0.15) is 39.9 Å². The summed E-state index contributed by atoms with van der Waals surface area (Å²) < 4.78 is 37.6. The molecule has 188 valence electrons. The fraction of sp³-hybridized carbons (Fsp3) is 0.304. The summed E-state index contributed by atoms with van der Waals surface area (Å²) in [5.74, 6) is -3.21. The Morgan fingerprint density at radius 1 is 1.11 bits per heavy atom. The zero-order valence-corrected chi connectivity index (χ0v) is 18.5. The lowest BCUT2D eigenvalue weighted by molar-refractivity contribution is -0.192. The Hall–Kier alpha value is -4.09. The molecule has 9 nitrogen and oxygen atoms in total. The summed E-state index contributed by atoms with van der Waals surface area (Å²) in [6, 6.07) is 12.7. The average Bonchev–Trinajstić information content (AvgIpc) is 2.94. The van der Waals surface area contributed by atoms with Crippen molar-refractivity contribution in [2.75, 3.05) is 13.1 Å². The van der Waals surface area contributed by atoms with Gasteiger partial charge in [-0.05, 0) is 36.1 Å². The lowest BCUT2D eigenvalue weighted by Crippen LogP contribution is -2.33. The van der Waals surface area contributed by atoms with Gasteiger partial charge in [-0.1, -0.05) is 30.3 Å². The quantitative estimate of drug-likeness (QED) is 0.340. The first-order valence-electron chi connectivity index (χ1n) is 10.4. The van der Waals surface area contributed by atoms with Gasteiger partial charge in [-0.3, -0.25) is 15.0 Å². The lowest BCUT2D eigenvalue weighted by Gasteiger charge is -2.20. The monoisotopic (exact) mass is 495 g/mol. The second kappa shape index (κ2) is 11.9. The fourth-order valence-corrected chi connectivity index (χ4v) is 3.19. The van der Waals surface area contributed by atoms with Crippen molar-refractivity contribution < 1.29 is 42.5 Å². The van der Waals surface area contributed by atoms with Crippen LogP contribution in [0.25, 0.3) is 0 Å².